The molecule has 1 atom stereocenters. The van der Waals surface area contributed by atoms with Gasteiger partial charge in [0.2, 0.25) is 0 Å². The fourth-order valence-corrected chi connectivity index (χ4v) is 3.68. The molecule has 0 radical (unpaired) electrons. The molecule has 1 fully saturated rings. The molecule has 2 heterocycles. The average Bonchev–Trinajstić information content (AvgIpc) is 3.44. The summed E-state index contributed by atoms with van der Waals surface area (Å²) >= 11 is 6.55. The van der Waals surface area contributed by atoms with Crippen molar-refractivity contribution in [3.8, 4) is 11.3 Å². The highest BCUT2D eigenvalue weighted by Gasteiger charge is 2.27. The Morgan fingerprint density at radius 3 is 2.77 bits per heavy atom. The number of aliphatic hydroxyl groups is 1. The quantitative estimate of drug-likeness (QED) is 0.490. The topological polar surface area (TPSA) is 91.5 Å². The van der Waals surface area contributed by atoms with Crippen molar-refractivity contribution in [1.29, 1.82) is 0 Å². The third kappa shape index (κ3) is 5.42. The smallest absolute Gasteiger partial charge is 0.252 e. The van der Waals surface area contributed by atoms with Gasteiger partial charge < -0.3 is 19.7 Å². The van der Waals surface area contributed by atoms with Gasteiger partial charge in [0.25, 0.3) is 5.91 Å². The molecule has 1 aromatic carbocycles. The van der Waals surface area contributed by atoms with E-state index in [1.807, 2.05) is 23.1 Å². The molecular formula is C23H25ClN4O3. The molecule has 0 bridgehead atoms. The Morgan fingerprint density at radius 2 is 2.16 bits per heavy atom. The van der Waals surface area contributed by atoms with E-state index in [-0.39, 0.29) is 5.91 Å². The number of rotatable bonds is 9. The molecule has 4 rings (SSSR count). The monoisotopic (exact) mass is 440 g/mol. The van der Waals surface area contributed by atoms with Gasteiger partial charge in [0.15, 0.2) is 6.39 Å². The minimum atomic E-state index is -0.607. The SMILES string of the molecule is CC(O)N(CC1CC1)c1ccc(-c2ccc(C(=O)NCCc3cnco3)cn2)cc1Cl. The van der Waals surface area contributed by atoms with Crippen LogP contribution in [0, 0.1) is 5.92 Å². The lowest BCUT2D eigenvalue weighted by molar-refractivity contribution is 0.0953. The number of hydrogen-bond acceptors (Lipinski definition) is 6. The second kappa shape index (κ2) is 9.49. The Labute approximate surface area is 186 Å². The summed E-state index contributed by atoms with van der Waals surface area (Å²) in [5, 5.41) is 13.6. The van der Waals surface area contributed by atoms with E-state index in [2.05, 4.69) is 15.3 Å². The third-order valence-electron chi connectivity index (χ3n) is 5.32. The van der Waals surface area contributed by atoms with E-state index >= 15 is 0 Å². The second-order valence-electron chi connectivity index (χ2n) is 7.80. The van der Waals surface area contributed by atoms with Gasteiger partial charge in [-0.1, -0.05) is 17.7 Å². The van der Waals surface area contributed by atoms with Crippen LogP contribution in [0.25, 0.3) is 11.3 Å². The number of aromatic nitrogens is 2. The van der Waals surface area contributed by atoms with Crippen molar-refractivity contribution >= 4 is 23.2 Å². The Kier molecular flexibility index (Phi) is 6.53. The molecule has 3 aromatic rings. The number of nitrogens with one attached hydrogen (secondary N) is 1. The van der Waals surface area contributed by atoms with Crippen molar-refractivity contribution in [1.82, 2.24) is 15.3 Å². The van der Waals surface area contributed by atoms with Crippen molar-refractivity contribution in [2.24, 2.45) is 5.92 Å². The van der Waals surface area contributed by atoms with Crippen LogP contribution in [-0.2, 0) is 6.42 Å². The summed E-state index contributed by atoms with van der Waals surface area (Å²) < 4.78 is 5.15. The van der Waals surface area contributed by atoms with Crippen LogP contribution in [-0.4, -0.2) is 40.3 Å². The normalized spacial score (nSPS) is 14.3. The summed E-state index contributed by atoms with van der Waals surface area (Å²) in [5.41, 5.74) is 2.87. The summed E-state index contributed by atoms with van der Waals surface area (Å²) in [6.07, 6.45) is 6.91. The van der Waals surface area contributed by atoms with Crippen LogP contribution in [0.3, 0.4) is 0 Å². The summed E-state index contributed by atoms with van der Waals surface area (Å²) in [7, 11) is 0. The fourth-order valence-electron chi connectivity index (χ4n) is 3.40. The van der Waals surface area contributed by atoms with Crippen LogP contribution in [0.2, 0.25) is 5.02 Å². The summed E-state index contributed by atoms with van der Waals surface area (Å²) in [5.74, 6) is 1.15. The first-order chi connectivity index (χ1) is 15.0. The molecule has 2 N–H and O–H groups in total. The highest BCUT2D eigenvalue weighted by atomic mass is 35.5. The Balaban J connectivity index is 1.41. The van der Waals surface area contributed by atoms with Gasteiger partial charge in [-0.05, 0) is 49.9 Å². The Morgan fingerprint density at radius 1 is 1.32 bits per heavy atom. The molecule has 31 heavy (non-hydrogen) atoms. The molecular weight excluding hydrogens is 416 g/mol. The summed E-state index contributed by atoms with van der Waals surface area (Å²) in [6.45, 7) is 3.01. The highest BCUT2D eigenvalue weighted by molar-refractivity contribution is 6.33. The second-order valence-corrected chi connectivity index (χ2v) is 8.21. The predicted octanol–water partition coefficient (Wildman–Crippen LogP) is 3.92. The van der Waals surface area contributed by atoms with Crippen molar-refractivity contribution in [2.45, 2.75) is 32.4 Å². The zero-order valence-electron chi connectivity index (χ0n) is 17.3. The standard InChI is InChI=1S/C23H25ClN4O3/c1-15(29)28(13-16-2-3-16)22-7-5-17(10-20(22)24)21-6-4-18(11-27-21)23(30)26-9-8-19-12-25-14-31-19/h4-7,10-12,14-16,29H,2-3,8-9,13H2,1H3,(H,26,30). The largest absolute Gasteiger partial charge is 0.448 e. The lowest BCUT2D eigenvalue weighted by atomic mass is 10.1. The van der Waals surface area contributed by atoms with E-state index in [9.17, 15) is 9.90 Å². The first-order valence-electron chi connectivity index (χ1n) is 10.4. The van der Waals surface area contributed by atoms with Crippen LogP contribution in [0.1, 0.15) is 35.9 Å². The van der Waals surface area contributed by atoms with Crippen molar-refractivity contribution in [3.63, 3.8) is 0 Å². The van der Waals surface area contributed by atoms with Crippen molar-refractivity contribution < 1.29 is 14.3 Å². The van der Waals surface area contributed by atoms with Gasteiger partial charge in [-0.15, -0.1) is 0 Å². The van der Waals surface area contributed by atoms with Gasteiger partial charge in [0.05, 0.1) is 28.2 Å². The Hall–Kier alpha value is -2.90. The maximum atomic E-state index is 12.3. The fraction of sp³-hybridized carbons (Fsp3) is 0.348. The molecule has 1 aliphatic rings. The summed E-state index contributed by atoms with van der Waals surface area (Å²) in [4.78, 5) is 22.5. The molecule has 0 spiro atoms. The molecule has 0 aliphatic heterocycles. The predicted molar refractivity (Wildman–Crippen MR) is 119 cm³/mol. The zero-order chi connectivity index (χ0) is 21.8. The molecule has 1 aliphatic carbocycles. The third-order valence-corrected chi connectivity index (χ3v) is 5.62. The van der Waals surface area contributed by atoms with Gasteiger partial charge in [-0.25, -0.2) is 4.98 Å². The number of aliphatic hydroxyl groups excluding tert-OH is 1. The number of anilines is 1. The number of pyridine rings is 1. The molecule has 8 heteroatoms. The van der Waals surface area contributed by atoms with Crippen LogP contribution in [0.15, 0.2) is 53.5 Å². The first kappa shape index (κ1) is 21.3. The maximum Gasteiger partial charge on any atom is 0.252 e. The van der Waals surface area contributed by atoms with Crippen molar-refractivity contribution in [3.05, 3.63) is 65.5 Å². The molecule has 7 nitrogen and oxygen atoms in total. The van der Waals surface area contributed by atoms with Gasteiger partial charge in [0, 0.05) is 31.3 Å². The molecule has 2 aromatic heterocycles. The van der Waals surface area contributed by atoms with Crippen LogP contribution in [0.4, 0.5) is 5.69 Å². The molecule has 1 unspecified atom stereocenters. The van der Waals surface area contributed by atoms with E-state index in [1.165, 1.54) is 19.2 Å². The minimum Gasteiger partial charge on any atom is -0.448 e. The average molecular weight is 441 g/mol. The molecule has 1 saturated carbocycles. The van der Waals surface area contributed by atoms with Gasteiger partial charge in [-0.2, -0.15) is 0 Å². The molecule has 1 amide bonds. The van der Waals surface area contributed by atoms with Crippen LogP contribution >= 0.6 is 11.6 Å². The van der Waals surface area contributed by atoms with Gasteiger partial charge in [-0.3, -0.25) is 9.78 Å². The van der Waals surface area contributed by atoms with Crippen LogP contribution < -0.4 is 10.2 Å². The van der Waals surface area contributed by atoms with Crippen molar-refractivity contribution in [2.75, 3.05) is 18.0 Å². The number of amides is 1. The summed E-state index contributed by atoms with van der Waals surface area (Å²) in [6, 6.07) is 9.23. The number of hydrogen-bond donors (Lipinski definition) is 2. The zero-order valence-corrected chi connectivity index (χ0v) is 18.0. The number of carbonyl (C=O) groups is 1. The van der Waals surface area contributed by atoms with Gasteiger partial charge in [0.1, 0.15) is 12.0 Å². The van der Waals surface area contributed by atoms with E-state index in [1.54, 1.807) is 31.5 Å². The van der Waals surface area contributed by atoms with E-state index in [0.717, 1.165) is 29.2 Å². The minimum absolute atomic E-state index is 0.195. The maximum absolute atomic E-state index is 12.3. The van der Waals surface area contributed by atoms with E-state index < -0.39 is 6.23 Å². The highest BCUT2D eigenvalue weighted by Crippen LogP contribution is 2.36. The number of nitrogens with zero attached hydrogens (tertiary/aromatic N) is 3. The van der Waals surface area contributed by atoms with Gasteiger partial charge >= 0.3 is 0 Å². The lowest BCUT2D eigenvalue weighted by Gasteiger charge is -2.29. The first-order valence-corrected chi connectivity index (χ1v) is 10.8. The molecule has 0 saturated heterocycles. The number of halogens is 1. The molecule has 162 valence electrons. The van der Waals surface area contributed by atoms with Crippen LogP contribution in [0.5, 0.6) is 0 Å². The number of benzene rings is 1. The van der Waals surface area contributed by atoms with E-state index in [4.69, 9.17) is 16.0 Å². The number of carbonyl (C=O) groups excluding carboxylic acids is 1. The lowest BCUT2D eigenvalue weighted by Crippen LogP contribution is -2.34. The Bertz CT molecular complexity index is 1020. The van der Waals surface area contributed by atoms with E-state index in [0.29, 0.717) is 29.5 Å². The number of oxazole rings is 1.